The summed E-state index contributed by atoms with van der Waals surface area (Å²) < 4.78 is 2.41. The van der Waals surface area contributed by atoms with Gasteiger partial charge in [-0.25, -0.2) is 0 Å². The molecule has 0 fully saturated rings. The zero-order chi connectivity index (χ0) is 13.9. The summed E-state index contributed by atoms with van der Waals surface area (Å²) in [5.74, 6) is 0.802. The molecule has 0 aliphatic heterocycles. The van der Waals surface area contributed by atoms with Crippen LogP contribution >= 0.6 is 23.8 Å². The number of hydrogen-bond acceptors (Lipinski definition) is 3. The summed E-state index contributed by atoms with van der Waals surface area (Å²) in [6.07, 6.45) is 4.07. The maximum atomic E-state index is 6.19. The molecule has 0 saturated carbocycles. The van der Waals surface area contributed by atoms with E-state index in [0.29, 0.717) is 11.2 Å². The van der Waals surface area contributed by atoms with Gasteiger partial charge in [-0.3, -0.25) is 14.6 Å². The van der Waals surface area contributed by atoms with Crippen molar-refractivity contribution in [2.24, 2.45) is 0 Å². The highest BCUT2D eigenvalue weighted by Gasteiger charge is 2.10. The number of nitrogens with zero attached hydrogens (tertiary/aromatic N) is 3. The molecular formula is C14H11ClN4S. The van der Waals surface area contributed by atoms with Crippen molar-refractivity contribution in [1.82, 2.24) is 19.7 Å². The smallest absolute Gasteiger partial charge is 0.199 e. The SMILES string of the molecule is S=c1[nH]nc(Cc2ccccc2Cl)n1-c1cccnc1. The molecule has 3 rings (SSSR count). The van der Waals surface area contributed by atoms with Crippen LogP contribution in [0, 0.1) is 4.77 Å². The van der Waals surface area contributed by atoms with Gasteiger partial charge in [0.25, 0.3) is 0 Å². The first kappa shape index (κ1) is 13.0. The number of nitrogens with one attached hydrogen (secondary N) is 1. The fraction of sp³-hybridized carbons (Fsp3) is 0.0714. The number of benzene rings is 1. The zero-order valence-corrected chi connectivity index (χ0v) is 12.0. The van der Waals surface area contributed by atoms with Crippen molar-refractivity contribution >= 4 is 23.8 Å². The molecule has 100 valence electrons. The molecule has 0 radical (unpaired) electrons. The number of aromatic amines is 1. The van der Waals surface area contributed by atoms with Crippen LogP contribution < -0.4 is 0 Å². The quantitative estimate of drug-likeness (QED) is 0.752. The predicted molar refractivity (Wildman–Crippen MR) is 80.8 cm³/mol. The van der Waals surface area contributed by atoms with Crippen molar-refractivity contribution in [2.45, 2.75) is 6.42 Å². The minimum Gasteiger partial charge on any atom is -0.270 e. The number of hydrogen-bond donors (Lipinski definition) is 1. The van der Waals surface area contributed by atoms with Gasteiger partial charge in [-0.15, -0.1) is 0 Å². The Kier molecular flexibility index (Phi) is 3.62. The predicted octanol–water partition coefficient (Wildman–Crippen LogP) is 3.57. The molecule has 0 atom stereocenters. The maximum absolute atomic E-state index is 6.19. The van der Waals surface area contributed by atoms with Crippen LogP contribution in [0.1, 0.15) is 11.4 Å². The fourth-order valence-corrected chi connectivity index (χ4v) is 2.47. The van der Waals surface area contributed by atoms with Gasteiger partial charge in [0.2, 0.25) is 0 Å². The highest BCUT2D eigenvalue weighted by molar-refractivity contribution is 7.71. The van der Waals surface area contributed by atoms with Gasteiger partial charge in [0.1, 0.15) is 5.82 Å². The van der Waals surface area contributed by atoms with Crippen LogP contribution in [0.5, 0.6) is 0 Å². The number of pyridine rings is 1. The number of halogens is 1. The topological polar surface area (TPSA) is 46.5 Å². The average molecular weight is 303 g/mol. The van der Waals surface area contributed by atoms with Gasteiger partial charge in [-0.2, -0.15) is 5.10 Å². The number of H-pyrrole nitrogens is 1. The van der Waals surface area contributed by atoms with E-state index in [4.69, 9.17) is 23.8 Å². The van der Waals surface area contributed by atoms with Crippen LogP contribution in [-0.2, 0) is 6.42 Å². The third kappa shape index (κ3) is 2.50. The number of aromatic nitrogens is 4. The van der Waals surface area contributed by atoms with Crippen molar-refractivity contribution in [1.29, 1.82) is 0 Å². The summed E-state index contributed by atoms with van der Waals surface area (Å²) in [6, 6.07) is 11.5. The maximum Gasteiger partial charge on any atom is 0.199 e. The van der Waals surface area contributed by atoms with Gasteiger partial charge >= 0.3 is 0 Å². The van der Waals surface area contributed by atoms with Crippen LogP contribution in [0.2, 0.25) is 5.02 Å². The summed E-state index contributed by atoms with van der Waals surface area (Å²) in [6.45, 7) is 0. The Balaban J connectivity index is 2.04. The Hall–Kier alpha value is -1.98. The molecule has 2 heterocycles. The van der Waals surface area contributed by atoms with E-state index in [0.717, 1.165) is 22.1 Å². The zero-order valence-electron chi connectivity index (χ0n) is 10.5. The molecular weight excluding hydrogens is 292 g/mol. The molecule has 0 amide bonds. The van der Waals surface area contributed by atoms with Crippen LogP contribution in [0.25, 0.3) is 5.69 Å². The van der Waals surface area contributed by atoms with E-state index in [1.54, 1.807) is 12.4 Å². The van der Waals surface area contributed by atoms with Gasteiger partial charge in [0, 0.05) is 17.6 Å². The van der Waals surface area contributed by atoms with Crippen molar-refractivity contribution in [3.8, 4) is 5.69 Å². The van der Waals surface area contributed by atoms with Crippen LogP contribution in [-0.4, -0.2) is 19.7 Å². The third-order valence-corrected chi connectivity index (χ3v) is 3.59. The van der Waals surface area contributed by atoms with Crippen LogP contribution in [0.3, 0.4) is 0 Å². The van der Waals surface area contributed by atoms with Crippen LogP contribution in [0.4, 0.5) is 0 Å². The molecule has 20 heavy (non-hydrogen) atoms. The van der Waals surface area contributed by atoms with Crippen molar-refractivity contribution < 1.29 is 0 Å². The Bertz CT molecular complexity index is 779. The minimum absolute atomic E-state index is 0.542. The molecule has 0 saturated heterocycles. The Morgan fingerprint density at radius 3 is 2.80 bits per heavy atom. The van der Waals surface area contributed by atoms with Crippen molar-refractivity contribution in [3.05, 3.63) is 70.0 Å². The monoisotopic (exact) mass is 302 g/mol. The van der Waals surface area contributed by atoms with Crippen molar-refractivity contribution in [2.75, 3.05) is 0 Å². The Morgan fingerprint density at radius 1 is 1.20 bits per heavy atom. The highest BCUT2D eigenvalue weighted by Crippen LogP contribution is 2.19. The van der Waals surface area contributed by atoms with E-state index in [2.05, 4.69) is 15.2 Å². The van der Waals surface area contributed by atoms with Gasteiger partial charge in [0.15, 0.2) is 4.77 Å². The second-order valence-electron chi connectivity index (χ2n) is 4.26. The first-order valence-electron chi connectivity index (χ1n) is 6.06. The van der Waals surface area contributed by atoms with E-state index in [1.807, 2.05) is 41.0 Å². The normalized spacial score (nSPS) is 10.7. The van der Waals surface area contributed by atoms with E-state index in [1.165, 1.54) is 0 Å². The molecule has 0 bridgehead atoms. The second-order valence-corrected chi connectivity index (χ2v) is 5.05. The average Bonchev–Trinajstić information content (AvgIpc) is 2.83. The molecule has 1 aromatic carbocycles. The summed E-state index contributed by atoms with van der Waals surface area (Å²) in [5.41, 5.74) is 1.89. The molecule has 4 nitrogen and oxygen atoms in total. The summed E-state index contributed by atoms with van der Waals surface area (Å²) in [7, 11) is 0. The lowest BCUT2D eigenvalue weighted by molar-refractivity contribution is 0.897. The molecule has 3 aromatic rings. The molecule has 0 spiro atoms. The summed E-state index contributed by atoms with van der Waals surface area (Å²) in [5, 5.41) is 7.83. The molecule has 0 unspecified atom stereocenters. The first-order chi connectivity index (χ1) is 9.75. The van der Waals surface area contributed by atoms with Gasteiger partial charge in [-0.05, 0) is 36.0 Å². The van der Waals surface area contributed by atoms with E-state index in [9.17, 15) is 0 Å². The lowest BCUT2D eigenvalue weighted by atomic mass is 10.1. The largest absolute Gasteiger partial charge is 0.270 e. The first-order valence-corrected chi connectivity index (χ1v) is 6.84. The van der Waals surface area contributed by atoms with E-state index < -0.39 is 0 Å². The molecule has 0 aliphatic carbocycles. The van der Waals surface area contributed by atoms with Gasteiger partial charge < -0.3 is 0 Å². The molecule has 1 N–H and O–H groups in total. The molecule has 2 aromatic heterocycles. The summed E-state index contributed by atoms with van der Waals surface area (Å²) >= 11 is 11.5. The van der Waals surface area contributed by atoms with Gasteiger partial charge in [-0.1, -0.05) is 29.8 Å². The fourth-order valence-electron chi connectivity index (χ4n) is 2.01. The Labute approximate surface area is 126 Å². The molecule has 0 aliphatic rings. The second kappa shape index (κ2) is 5.56. The highest BCUT2D eigenvalue weighted by atomic mass is 35.5. The molecule has 6 heteroatoms. The number of rotatable bonds is 3. The van der Waals surface area contributed by atoms with E-state index in [-0.39, 0.29) is 0 Å². The Morgan fingerprint density at radius 2 is 2.05 bits per heavy atom. The lowest BCUT2D eigenvalue weighted by Crippen LogP contribution is -2.03. The third-order valence-electron chi connectivity index (χ3n) is 2.95. The van der Waals surface area contributed by atoms with Crippen molar-refractivity contribution in [3.63, 3.8) is 0 Å². The minimum atomic E-state index is 0.542. The standard InChI is InChI=1S/C14H11ClN4S/c15-12-6-2-1-4-10(12)8-13-17-18-14(20)19(13)11-5-3-7-16-9-11/h1-7,9H,8H2,(H,18,20). The van der Waals surface area contributed by atoms with Gasteiger partial charge in [0.05, 0.1) is 11.9 Å². The summed E-state index contributed by atoms with van der Waals surface area (Å²) in [4.78, 5) is 4.11. The van der Waals surface area contributed by atoms with E-state index >= 15 is 0 Å². The lowest BCUT2D eigenvalue weighted by Gasteiger charge is -2.07. The van der Waals surface area contributed by atoms with Crippen LogP contribution in [0.15, 0.2) is 48.8 Å².